The summed E-state index contributed by atoms with van der Waals surface area (Å²) in [6.45, 7) is 2.06. The molecule has 19 heavy (non-hydrogen) atoms. The second-order valence-electron chi connectivity index (χ2n) is 4.33. The quantitative estimate of drug-likeness (QED) is 0.776. The molecule has 1 amide bonds. The largest absolute Gasteiger partial charge is 0.465 e. The fourth-order valence-electron chi connectivity index (χ4n) is 1.75. The van der Waals surface area contributed by atoms with Crippen LogP contribution in [0.2, 0.25) is 0 Å². The molecule has 0 aromatic carbocycles. The fraction of sp³-hybridized carbons (Fsp3) is 0.462. The molecule has 1 heterocycles. The van der Waals surface area contributed by atoms with E-state index in [4.69, 9.17) is 4.74 Å². The van der Waals surface area contributed by atoms with Gasteiger partial charge in [0.25, 0.3) is 5.91 Å². The number of ether oxygens (including phenoxy) is 1. The van der Waals surface area contributed by atoms with E-state index in [1.807, 2.05) is 0 Å². The van der Waals surface area contributed by atoms with Crippen LogP contribution in [0.4, 0.5) is 0 Å². The predicted octanol–water partition coefficient (Wildman–Crippen LogP) is 2.01. The van der Waals surface area contributed by atoms with E-state index in [1.165, 1.54) is 0 Å². The van der Waals surface area contributed by atoms with Crippen LogP contribution in [0.25, 0.3) is 0 Å². The van der Waals surface area contributed by atoms with E-state index in [0.717, 1.165) is 17.3 Å². The van der Waals surface area contributed by atoms with Gasteiger partial charge in [0.05, 0.1) is 6.61 Å². The molecule has 0 N–H and O–H groups in total. The first kappa shape index (κ1) is 14.0. The number of carbonyl (C=O) groups is 2. The Morgan fingerprint density at radius 2 is 2.21 bits per heavy atom. The molecule has 102 valence electrons. The van der Waals surface area contributed by atoms with E-state index in [9.17, 15) is 9.59 Å². The summed E-state index contributed by atoms with van der Waals surface area (Å²) in [5.74, 6) is -0.595. The van der Waals surface area contributed by atoms with Gasteiger partial charge in [0, 0.05) is 16.7 Å². The lowest BCUT2D eigenvalue weighted by molar-refractivity contribution is -0.144. The topological polar surface area (TPSA) is 59.5 Å². The number of amides is 1. The van der Waals surface area contributed by atoms with E-state index >= 15 is 0 Å². The van der Waals surface area contributed by atoms with Gasteiger partial charge in [-0.15, -0.1) is 0 Å². The predicted molar refractivity (Wildman–Crippen MR) is 72.6 cm³/mol. The summed E-state index contributed by atoms with van der Waals surface area (Å²) in [5.41, 5.74) is 0.347. The molecule has 1 aromatic rings. The minimum absolute atomic E-state index is 0.00488. The van der Waals surface area contributed by atoms with Crippen LogP contribution < -0.4 is 0 Å². The maximum absolute atomic E-state index is 12.3. The summed E-state index contributed by atoms with van der Waals surface area (Å²) in [4.78, 5) is 29.5. The first-order valence-electron chi connectivity index (χ1n) is 6.20. The Morgan fingerprint density at radius 3 is 2.74 bits per heavy atom. The lowest BCUT2D eigenvalue weighted by Gasteiger charge is -2.20. The molecule has 6 heteroatoms. The van der Waals surface area contributed by atoms with Crippen LogP contribution >= 0.6 is 15.9 Å². The molecule has 5 nitrogen and oxygen atoms in total. The SMILES string of the molecule is CCOC(=O)CN(C(=O)c1ccc(Br)cn1)C1CC1. The fourth-order valence-corrected chi connectivity index (χ4v) is 1.98. The molecule has 1 aliphatic carbocycles. The zero-order chi connectivity index (χ0) is 13.8. The molecule has 0 spiro atoms. The van der Waals surface area contributed by atoms with Crippen molar-refractivity contribution < 1.29 is 14.3 Å². The summed E-state index contributed by atoms with van der Waals surface area (Å²) < 4.78 is 5.71. The highest BCUT2D eigenvalue weighted by Gasteiger charge is 2.35. The number of carbonyl (C=O) groups excluding carboxylic acids is 2. The molecule has 0 radical (unpaired) electrons. The van der Waals surface area contributed by atoms with Crippen LogP contribution in [0.3, 0.4) is 0 Å². The van der Waals surface area contributed by atoms with Gasteiger partial charge >= 0.3 is 5.97 Å². The van der Waals surface area contributed by atoms with Crippen molar-refractivity contribution in [1.82, 2.24) is 9.88 Å². The van der Waals surface area contributed by atoms with Crippen molar-refractivity contribution in [2.75, 3.05) is 13.2 Å². The highest BCUT2D eigenvalue weighted by molar-refractivity contribution is 9.10. The van der Waals surface area contributed by atoms with Crippen LogP contribution in [0, 0.1) is 0 Å². The molecule has 0 saturated heterocycles. The van der Waals surface area contributed by atoms with Gasteiger partial charge < -0.3 is 9.64 Å². The number of pyridine rings is 1. The number of hydrogen-bond donors (Lipinski definition) is 0. The third kappa shape index (κ3) is 3.76. The zero-order valence-electron chi connectivity index (χ0n) is 10.6. The van der Waals surface area contributed by atoms with Gasteiger partial charge in [0.1, 0.15) is 12.2 Å². The van der Waals surface area contributed by atoms with Gasteiger partial charge in [-0.25, -0.2) is 4.98 Å². The lowest BCUT2D eigenvalue weighted by Crippen LogP contribution is -2.38. The minimum atomic E-state index is -0.375. The van der Waals surface area contributed by atoms with Crippen LogP contribution in [0.15, 0.2) is 22.8 Å². The molecule has 2 rings (SSSR count). The average Bonchev–Trinajstić information content (AvgIpc) is 3.21. The molecule has 1 saturated carbocycles. The Bertz CT molecular complexity index is 471. The maximum atomic E-state index is 12.3. The molecule has 0 aliphatic heterocycles. The Hall–Kier alpha value is -1.43. The van der Waals surface area contributed by atoms with Gasteiger partial charge in [-0.1, -0.05) is 0 Å². The van der Waals surface area contributed by atoms with Crippen molar-refractivity contribution in [2.24, 2.45) is 0 Å². The highest BCUT2D eigenvalue weighted by Crippen LogP contribution is 2.28. The van der Waals surface area contributed by atoms with E-state index in [-0.39, 0.29) is 24.5 Å². The summed E-state index contributed by atoms with van der Waals surface area (Å²) >= 11 is 3.27. The Kier molecular flexibility index (Phi) is 4.52. The first-order chi connectivity index (χ1) is 9.11. The van der Waals surface area contributed by atoms with Crippen molar-refractivity contribution in [3.8, 4) is 0 Å². The first-order valence-corrected chi connectivity index (χ1v) is 6.99. The smallest absolute Gasteiger partial charge is 0.325 e. The summed E-state index contributed by atoms with van der Waals surface area (Å²) in [6, 6.07) is 3.55. The normalized spacial score (nSPS) is 14.0. The van der Waals surface area contributed by atoms with Crippen LogP contribution in [-0.4, -0.2) is 41.0 Å². The van der Waals surface area contributed by atoms with Crippen molar-refractivity contribution in [3.05, 3.63) is 28.5 Å². The van der Waals surface area contributed by atoms with Gasteiger partial charge in [0.15, 0.2) is 0 Å². The Labute approximate surface area is 120 Å². The molecular formula is C13H15BrN2O3. The molecule has 1 aromatic heterocycles. The highest BCUT2D eigenvalue weighted by atomic mass is 79.9. The van der Waals surface area contributed by atoms with Crippen LogP contribution in [-0.2, 0) is 9.53 Å². The summed E-state index contributed by atoms with van der Waals surface area (Å²) in [7, 11) is 0. The van der Waals surface area contributed by atoms with Crippen LogP contribution in [0.5, 0.6) is 0 Å². The summed E-state index contributed by atoms with van der Waals surface area (Å²) in [5, 5.41) is 0. The number of aromatic nitrogens is 1. The molecule has 1 aliphatic rings. The third-order valence-corrected chi connectivity index (χ3v) is 3.27. The van der Waals surface area contributed by atoms with E-state index in [1.54, 1.807) is 30.2 Å². The molecule has 0 bridgehead atoms. The van der Waals surface area contributed by atoms with Gasteiger partial charge in [-0.2, -0.15) is 0 Å². The second kappa shape index (κ2) is 6.14. The van der Waals surface area contributed by atoms with Gasteiger partial charge in [-0.3, -0.25) is 9.59 Å². The van der Waals surface area contributed by atoms with Crippen molar-refractivity contribution in [3.63, 3.8) is 0 Å². The Morgan fingerprint density at radius 1 is 1.47 bits per heavy atom. The molecule has 1 fully saturated rings. The van der Waals surface area contributed by atoms with E-state index in [2.05, 4.69) is 20.9 Å². The minimum Gasteiger partial charge on any atom is -0.465 e. The maximum Gasteiger partial charge on any atom is 0.325 e. The third-order valence-electron chi connectivity index (χ3n) is 2.80. The van der Waals surface area contributed by atoms with Crippen molar-refractivity contribution in [1.29, 1.82) is 0 Å². The Balaban J connectivity index is 2.08. The zero-order valence-corrected chi connectivity index (χ0v) is 12.2. The summed E-state index contributed by atoms with van der Waals surface area (Å²) in [6.07, 6.45) is 3.44. The van der Waals surface area contributed by atoms with E-state index < -0.39 is 0 Å². The number of esters is 1. The van der Waals surface area contributed by atoms with Crippen molar-refractivity contribution in [2.45, 2.75) is 25.8 Å². The standard InChI is InChI=1S/C13H15BrN2O3/c1-2-19-12(17)8-16(10-4-5-10)13(18)11-6-3-9(14)7-15-11/h3,6-7,10H,2,4-5,8H2,1H3. The number of nitrogens with zero attached hydrogens (tertiary/aromatic N) is 2. The number of hydrogen-bond acceptors (Lipinski definition) is 4. The van der Waals surface area contributed by atoms with E-state index in [0.29, 0.717) is 12.3 Å². The molecular weight excluding hydrogens is 312 g/mol. The number of rotatable bonds is 5. The van der Waals surface area contributed by atoms with Gasteiger partial charge in [0.2, 0.25) is 0 Å². The average molecular weight is 327 g/mol. The van der Waals surface area contributed by atoms with Crippen molar-refractivity contribution >= 4 is 27.8 Å². The molecule has 0 unspecified atom stereocenters. The molecule has 0 atom stereocenters. The van der Waals surface area contributed by atoms with Gasteiger partial charge in [-0.05, 0) is 47.8 Å². The second-order valence-corrected chi connectivity index (χ2v) is 5.25. The monoisotopic (exact) mass is 326 g/mol. The number of halogens is 1. The van der Waals surface area contributed by atoms with Crippen LogP contribution in [0.1, 0.15) is 30.3 Å². The lowest BCUT2D eigenvalue weighted by atomic mass is 10.3.